The first kappa shape index (κ1) is 16.9. The number of hydrogen-bond donors (Lipinski definition) is 0. The van der Waals surface area contributed by atoms with E-state index in [0.29, 0.717) is 33.3 Å². The molecule has 0 bridgehead atoms. The molecule has 0 amide bonds. The molecule has 0 nitrogen and oxygen atoms in total. The van der Waals surface area contributed by atoms with Crippen molar-refractivity contribution in [3.05, 3.63) is 83.9 Å². The molecule has 0 aliphatic heterocycles. The van der Waals surface area contributed by atoms with E-state index < -0.39 is 33.1 Å². The second-order valence-corrected chi connectivity index (χ2v) is 6.91. The Bertz CT molecular complexity index is 750. The summed E-state index contributed by atoms with van der Waals surface area (Å²) in [7, 11) is 0. The maximum Gasteiger partial charge on any atom is 0.177 e. The standard InChI is InChI=1S/C18H10F4S2/c19-13-15(21)18(24-12-9-5-2-6-10-12)16(22)14(20)17(13)23-11-7-3-1-4-8-11/h1-10H. The van der Waals surface area contributed by atoms with Gasteiger partial charge in [-0.2, -0.15) is 0 Å². The Kier molecular flexibility index (Phi) is 5.16. The van der Waals surface area contributed by atoms with Crippen molar-refractivity contribution in [1.29, 1.82) is 0 Å². The summed E-state index contributed by atoms with van der Waals surface area (Å²) in [4.78, 5) is -0.405. The fourth-order valence-electron chi connectivity index (χ4n) is 1.98. The molecular weight excluding hydrogens is 356 g/mol. The molecule has 6 heteroatoms. The van der Waals surface area contributed by atoms with Gasteiger partial charge in [0.25, 0.3) is 0 Å². The Balaban J connectivity index is 2.02. The lowest BCUT2D eigenvalue weighted by molar-refractivity contribution is 0.401. The first-order chi connectivity index (χ1) is 11.6. The van der Waals surface area contributed by atoms with Crippen molar-refractivity contribution in [3.8, 4) is 0 Å². The fraction of sp³-hybridized carbons (Fsp3) is 0. The number of benzene rings is 3. The Labute approximate surface area is 144 Å². The van der Waals surface area contributed by atoms with Crippen LogP contribution >= 0.6 is 23.5 Å². The smallest absolute Gasteiger partial charge is 0.177 e. The Morgan fingerprint density at radius 3 is 1.04 bits per heavy atom. The molecule has 3 rings (SSSR count). The summed E-state index contributed by atoms with van der Waals surface area (Å²) in [6.45, 7) is 0. The average Bonchev–Trinajstić information content (AvgIpc) is 2.62. The van der Waals surface area contributed by atoms with Gasteiger partial charge < -0.3 is 0 Å². The van der Waals surface area contributed by atoms with E-state index in [0.717, 1.165) is 0 Å². The monoisotopic (exact) mass is 366 g/mol. The van der Waals surface area contributed by atoms with Gasteiger partial charge in [0.1, 0.15) is 0 Å². The number of rotatable bonds is 4. The molecule has 24 heavy (non-hydrogen) atoms. The molecule has 0 N–H and O–H groups in total. The van der Waals surface area contributed by atoms with Gasteiger partial charge in [-0.05, 0) is 24.3 Å². The number of halogens is 4. The molecular formula is C18H10F4S2. The molecule has 0 atom stereocenters. The normalized spacial score (nSPS) is 10.8. The van der Waals surface area contributed by atoms with Gasteiger partial charge in [-0.1, -0.05) is 59.9 Å². The molecule has 0 saturated carbocycles. The van der Waals surface area contributed by atoms with Gasteiger partial charge in [0, 0.05) is 9.79 Å². The summed E-state index contributed by atoms with van der Waals surface area (Å²) in [5.41, 5.74) is 0. The van der Waals surface area contributed by atoms with Crippen molar-refractivity contribution < 1.29 is 17.6 Å². The summed E-state index contributed by atoms with van der Waals surface area (Å²) in [5, 5.41) is 0. The number of hydrogen-bond acceptors (Lipinski definition) is 2. The van der Waals surface area contributed by atoms with E-state index in [1.807, 2.05) is 0 Å². The third-order valence-electron chi connectivity index (χ3n) is 3.11. The highest BCUT2D eigenvalue weighted by atomic mass is 32.2. The van der Waals surface area contributed by atoms with Crippen LogP contribution in [0.3, 0.4) is 0 Å². The molecule has 0 aromatic heterocycles. The molecule has 0 aliphatic carbocycles. The highest BCUT2D eigenvalue weighted by molar-refractivity contribution is 7.99. The SMILES string of the molecule is Fc1c(F)c(Sc2ccccc2)c(F)c(F)c1Sc1ccccc1. The third-order valence-corrected chi connectivity index (χ3v) is 5.25. The molecule has 0 unspecified atom stereocenters. The quantitative estimate of drug-likeness (QED) is 0.379. The van der Waals surface area contributed by atoms with Gasteiger partial charge in [0.15, 0.2) is 23.3 Å². The lowest BCUT2D eigenvalue weighted by Crippen LogP contribution is -2.01. The predicted molar refractivity (Wildman–Crippen MR) is 87.4 cm³/mol. The van der Waals surface area contributed by atoms with E-state index in [2.05, 4.69) is 0 Å². The van der Waals surface area contributed by atoms with E-state index in [4.69, 9.17) is 0 Å². The molecule has 3 aromatic carbocycles. The molecule has 0 spiro atoms. The molecule has 0 aliphatic rings. The Morgan fingerprint density at radius 1 is 0.458 bits per heavy atom. The van der Waals surface area contributed by atoms with Gasteiger partial charge in [0.2, 0.25) is 0 Å². The molecule has 122 valence electrons. The second-order valence-electron chi connectivity index (χ2n) is 4.74. The van der Waals surface area contributed by atoms with E-state index in [1.54, 1.807) is 60.7 Å². The van der Waals surface area contributed by atoms with Crippen molar-refractivity contribution in [1.82, 2.24) is 0 Å². The van der Waals surface area contributed by atoms with Crippen LogP contribution < -0.4 is 0 Å². The lowest BCUT2D eigenvalue weighted by atomic mass is 10.3. The molecule has 0 fully saturated rings. The van der Waals surface area contributed by atoms with Gasteiger partial charge in [0.05, 0.1) is 9.79 Å². The van der Waals surface area contributed by atoms with Crippen LogP contribution in [0.25, 0.3) is 0 Å². The minimum absolute atomic E-state index is 0.484. The van der Waals surface area contributed by atoms with E-state index in [9.17, 15) is 17.6 Å². The van der Waals surface area contributed by atoms with Crippen LogP contribution in [-0.4, -0.2) is 0 Å². The summed E-state index contributed by atoms with van der Waals surface area (Å²) < 4.78 is 57.1. The summed E-state index contributed by atoms with van der Waals surface area (Å²) in [6, 6.07) is 16.6. The van der Waals surface area contributed by atoms with Gasteiger partial charge in [-0.3, -0.25) is 0 Å². The lowest BCUT2D eigenvalue weighted by Gasteiger charge is -2.11. The highest BCUT2D eigenvalue weighted by Gasteiger charge is 2.26. The zero-order valence-corrected chi connectivity index (χ0v) is 13.7. The average molecular weight is 366 g/mol. The van der Waals surface area contributed by atoms with Crippen LogP contribution in [0.2, 0.25) is 0 Å². The predicted octanol–water partition coefficient (Wildman–Crippen LogP) is 6.55. The third kappa shape index (κ3) is 3.44. The van der Waals surface area contributed by atoms with Crippen LogP contribution in [0.4, 0.5) is 17.6 Å². The Morgan fingerprint density at radius 2 is 0.750 bits per heavy atom. The summed E-state index contributed by atoms with van der Waals surface area (Å²) >= 11 is 1.29. The van der Waals surface area contributed by atoms with E-state index in [-0.39, 0.29) is 0 Å². The first-order valence-electron chi connectivity index (χ1n) is 6.89. The summed E-state index contributed by atoms with van der Waals surface area (Å²) in [5.74, 6) is -5.55. The fourth-order valence-corrected chi connectivity index (χ4v) is 3.76. The molecule has 0 saturated heterocycles. The van der Waals surface area contributed by atoms with Crippen LogP contribution in [-0.2, 0) is 0 Å². The van der Waals surface area contributed by atoms with Crippen LogP contribution in [0.1, 0.15) is 0 Å². The molecule has 0 radical (unpaired) electrons. The minimum atomic E-state index is -1.39. The van der Waals surface area contributed by atoms with Gasteiger partial charge in [-0.15, -0.1) is 0 Å². The second kappa shape index (κ2) is 7.32. The maximum atomic E-state index is 14.3. The minimum Gasteiger partial charge on any atom is -0.202 e. The van der Waals surface area contributed by atoms with Crippen LogP contribution in [0, 0.1) is 23.3 Å². The maximum absolute atomic E-state index is 14.3. The van der Waals surface area contributed by atoms with E-state index >= 15 is 0 Å². The topological polar surface area (TPSA) is 0 Å². The summed E-state index contributed by atoms with van der Waals surface area (Å²) in [6.07, 6.45) is 0. The van der Waals surface area contributed by atoms with Crippen molar-refractivity contribution >= 4 is 23.5 Å². The van der Waals surface area contributed by atoms with Crippen molar-refractivity contribution in [2.45, 2.75) is 19.6 Å². The van der Waals surface area contributed by atoms with Crippen LogP contribution in [0.15, 0.2) is 80.2 Å². The van der Waals surface area contributed by atoms with Crippen LogP contribution in [0.5, 0.6) is 0 Å². The van der Waals surface area contributed by atoms with E-state index in [1.165, 1.54) is 0 Å². The van der Waals surface area contributed by atoms with Gasteiger partial charge >= 0.3 is 0 Å². The van der Waals surface area contributed by atoms with Crippen molar-refractivity contribution in [2.24, 2.45) is 0 Å². The zero-order chi connectivity index (χ0) is 17.1. The molecule has 0 heterocycles. The zero-order valence-electron chi connectivity index (χ0n) is 12.1. The van der Waals surface area contributed by atoms with Crippen molar-refractivity contribution in [3.63, 3.8) is 0 Å². The highest BCUT2D eigenvalue weighted by Crippen LogP contribution is 2.40. The van der Waals surface area contributed by atoms with Gasteiger partial charge in [-0.25, -0.2) is 17.6 Å². The molecule has 3 aromatic rings. The van der Waals surface area contributed by atoms with Crippen molar-refractivity contribution in [2.75, 3.05) is 0 Å². The first-order valence-corrected chi connectivity index (χ1v) is 8.53. The largest absolute Gasteiger partial charge is 0.202 e. The Hall–Kier alpha value is -1.92.